The molecule has 1 N–H and O–H groups in total. The molecule has 2 aliphatic heterocycles. The maximum atomic E-state index is 14.8. The number of nitrogens with zero attached hydrogens (tertiary/aromatic N) is 2. The van der Waals surface area contributed by atoms with Gasteiger partial charge < -0.3 is 5.11 Å². The first-order valence-electron chi connectivity index (χ1n) is 7.87. The van der Waals surface area contributed by atoms with Gasteiger partial charge in [-0.05, 0) is 49.2 Å². The van der Waals surface area contributed by atoms with Crippen molar-refractivity contribution in [2.24, 2.45) is 4.99 Å². The van der Waals surface area contributed by atoms with Crippen molar-refractivity contribution in [2.45, 2.75) is 32.2 Å². The summed E-state index contributed by atoms with van der Waals surface area (Å²) in [6, 6.07) is 12.5. The zero-order valence-corrected chi connectivity index (χ0v) is 13.5. The van der Waals surface area contributed by atoms with Crippen LogP contribution in [0.25, 0.3) is 0 Å². The summed E-state index contributed by atoms with van der Waals surface area (Å²) in [5, 5.41) is 10.9. The van der Waals surface area contributed by atoms with E-state index < -0.39 is 17.7 Å². The second-order valence-electron chi connectivity index (χ2n) is 6.49. The van der Waals surface area contributed by atoms with Gasteiger partial charge in [-0.2, -0.15) is 0 Å². The lowest BCUT2D eigenvalue weighted by Gasteiger charge is -2.29. The average Bonchev–Trinajstić information content (AvgIpc) is 2.78. The van der Waals surface area contributed by atoms with E-state index in [9.17, 15) is 14.3 Å². The van der Waals surface area contributed by atoms with Crippen LogP contribution in [0.2, 0.25) is 0 Å². The lowest BCUT2D eigenvalue weighted by atomic mass is 9.87. The van der Waals surface area contributed by atoms with E-state index in [4.69, 9.17) is 0 Å². The van der Waals surface area contributed by atoms with Crippen LogP contribution in [0.5, 0.6) is 0 Å². The summed E-state index contributed by atoms with van der Waals surface area (Å²) in [4.78, 5) is 18.6. The van der Waals surface area contributed by atoms with E-state index in [2.05, 4.69) is 4.99 Å². The lowest BCUT2D eigenvalue weighted by Crippen LogP contribution is -2.48. The Morgan fingerprint density at radius 2 is 1.96 bits per heavy atom. The first kappa shape index (κ1) is 15.0. The van der Waals surface area contributed by atoms with E-state index in [-0.39, 0.29) is 12.3 Å². The van der Waals surface area contributed by atoms with Crippen molar-refractivity contribution in [2.75, 3.05) is 4.90 Å². The van der Waals surface area contributed by atoms with E-state index in [1.807, 2.05) is 32.0 Å². The molecule has 4 rings (SSSR count). The van der Waals surface area contributed by atoms with Gasteiger partial charge in [0.05, 0.1) is 5.69 Å². The number of alkyl halides is 1. The Morgan fingerprint density at radius 1 is 1.21 bits per heavy atom. The highest BCUT2D eigenvalue weighted by molar-refractivity contribution is 6.28. The van der Waals surface area contributed by atoms with Crippen LogP contribution < -0.4 is 4.90 Å². The predicted molar refractivity (Wildman–Crippen MR) is 90.7 cm³/mol. The monoisotopic (exact) mass is 324 g/mol. The highest BCUT2D eigenvalue weighted by Gasteiger charge is 2.56. The summed E-state index contributed by atoms with van der Waals surface area (Å²) >= 11 is 0. The predicted octanol–water partition coefficient (Wildman–Crippen LogP) is 3.47. The Bertz CT molecular complexity index is 893. The van der Waals surface area contributed by atoms with Gasteiger partial charge in [-0.25, -0.2) is 9.38 Å². The van der Waals surface area contributed by atoms with E-state index >= 15 is 0 Å². The Balaban J connectivity index is 1.92. The number of benzene rings is 2. The van der Waals surface area contributed by atoms with Crippen LogP contribution in [-0.2, 0) is 0 Å². The number of ketones is 1. The molecule has 4 nitrogen and oxygen atoms in total. The molecule has 122 valence electrons. The Hall–Kier alpha value is -2.53. The van der Waals surface area contributed by atoms with Crippen LogP contribution in [0.1, 0.15) is 27.9 Å². The molecule has 1 unspecified atom stereocenters. The maximum Gasteiger partial charge on any atom is 0.204 e. The summed E-state index contributed by atoms with van der Waals surface area (Å²) in [5.41, 5.74) is 1.41. The van der Waals surface area contributed by atoms with Crippen molar-refractivity contribution in [3.63, 3.8) is 0 Å². The summed E-state index contributed by atoms with van der Waals surface area (Å²) < 4.78 is 14.8. The summed E-state index contributed by atoms with van der Waals surface area (Å²) in [6.45, 7) is 3.81. The molecule has 0 bridgehead atoms. The van der Waals surface area contributed by atoms with Gasteiger partial charge in [0.1, 0.15) is 0 Å². The normalized spacial score (nSPS) is 25.3. The van der Waals surface area contributed by atoms with Crippen molar-refractivity contribution < 1.29 is 14.3 Å². The summed E-state index contributed by atoms with van der Waals surface area (Å²) in [6.07, 6.45) is -1.82. The van der Waals surface area contributed by atoms with Crippen molar-refractivity contribution in [3.05, 3.63) is 59.2 Å². The third-order valence-electron chi connectivity index (χ3n) is 4.62. The van der Waals surface area contributed by atoms with Gasteiger partial charge in [0.15, 0.2) is 17.7 Å². The van der Waals surface area contributed by atoms with Crippen LogP contribution in [0.3, 0.4) is 0 Å². The maximum absolute atomic E-state index is 14.8. The number of halogens is 1. The highest BCUT2D eigenvalue weighted by Crippen LogP contribution is 2.42. The topological polar surface area (TPSA) is 52.9 Å². The van der Waals surface area contributed by atoms with Crippen LogP contribution in [-0.4, -0.2) is 28.6 Å². The zero-order chi connectivity index (χ0) is 17.1. The fraction of sp³-hybridized carbons (Fsp3) is 0.263. The number of aliphatic hydroxyl groups is 1. The van der Waals surface area contributed by atoms with Crippen LogP contribution in [0.4, 0.5) is 15.8 Å². The minimum atomic E-state index is -1.91. The molecule has 0 aromatic heterocycles. The zero-order valence-electron chi connectivity index (χ0n) is 13.5. The number of amidine groups is 1. The average molecular weight is 324 g/mol. The van der Waals surface area contributed by atoms with Gasteiger partial charge >= 0.3 is 0 Å². The van der Waals surface area contributed by atoms with E-state index in [1.165, 1.54) is 4.90 Å². The number of rotatable bonds is 1. The molecule has 0 aliphatic carbocycles. The van der Waals surface area contributed by atoms with Crippen molar-refractivity contribution >= 4 is 23.0 Å². The van der Waals surface area contributed by atoms with Crippen LogP contribution in [0.15, 0.2) is 47.5 Å². The molecule has 2 aromatic rings. The number of carbonyl (C=O) groups is 1. The number of carbonyl (C=O) groups excluding carboxylic acids is 1. The molecule has 0 amide bonds. The lowest BCUT2D eigenvalue weighted by molar-refractivity contribution is 0.0549. The third kappa shape index (κ3) is 2.01. The van der Waals surface area contributed by atoms with Gasteiger partial charge in [-0.3, -0.25) is 9.69 Å². The molecule has 1 fully saturated rings. The molecule has 0 spiro atoms. The third-order valence-corrected chi connectivity index (χ3v) is 4.62. The smallest absolute Gasteiger partial charge is 0.204 e. The first-order chi connectivity index (χ1) is 11.4. The first-order valence-corrected chi connectivity index (χ1v) is 7.87. The van der Waals surface area contributed by atoms with Crippen molar-refractivity contribution in [1.29, 1.82) is 0 Å². The molecule has 24 heavy (non-hydrogen) atoms. The van der Waals surface area contributed by atoms with Gasteiger partial charge in [-0.1, -0.05) is 18.2 Å². The number of aliphatic imine (C=N–C) groups is 1. The minimum Gasteiger partial charge on any atom is -0.374 e. The number of fused-ring (bicyclic) bond motifs is 2. The molecular weight excluding hydrogens is 307 g/mol. The van der Waals surface area contributed by atoms with E-state index in [1.54, 1.807) is 24.3 Å². The van der Waals surface area contributed by atoms with Crippen molar-refractivity contribution in [3.8, 4) is 0 Å². The second kappa shape index (κ2) is 4.98. The molecule has 0 radical (unpaired) electrons. The number of hydrogen-bond donors (Lipinski definition) is 1. The Labute approximate surface area is 139 Å². The van der Waals surface area contributed by atoms with Gasteiger partial charge in [0.2, 0.25) is 5.78 Å². The second-order valence-corrected chi connectivity index (χ2v) is 6.49. The van der Waals surface area contributed by atoms with Crippen LogP contribution in [0, 0.1) is 13.8 Å². The van der Waals surface area contributed by atoms with Gasteiger partial charge in [0.25, 0.3) is 0 Å². The van der Waals surface area contributed by atoms with Gasteiger partial charge in [0, 0.05) is 17.7 Å². The Kier molecular flexibility index (Phi) is 3.12. The summed E-state index contributed by atoms with van der Waals surface area (Å²) in [5.74, 6) is -0.413. The number of Topliss-reactive ketones (excluding diaryl/α,β-unsaturated/α-hetero) is 1. The van der Waals surface area contributed by atoms with E-state index in [0.717, 1.165) is 11.1 Å². The quantitative estimate of drug-likeness (QED) is 0.817. The minimum absolute atomic E-state index is 0.0729. The molecule has 1 saturated heterocycles. The molecule has 0 saturated carbocycles. The summed E-state index contributed by atoms with van der Waals surface area (Å²) in [7, 11) is 0. The molecule has 2 aromatic carbocycles. The van der Waals surface area contributed by atoms with Crippen molar-refractivity contribution in [1.82, 2.24) is 0 Å². The number of hydrogen-bond acceptors (Lipinski definition) is 4. The molecule has 2 atom stereocenters. The molecule has 2 aliphatic rings. The van der Waals surface area contributed by atoms with E-state index in [0.29, 0.717) is 16.9 Å². The standard InChI is InChI=1S/C19H17FN2O2/c1-11-4-3-5-13(8-11)22-16(20)10-19(24)17(23)14-7-6-12(2)9-15(14)21-18(19)22/h3-9,16,24H,10H2,1-2H3/t16-,19?/m1/s1. The highest BCUT2D eigenvalue weighted by atomic mass is 19.1. The largest absolute Gasteiger partial charge is 0.374 e. The fourth-order valence-electron chi connectivity index (χ4n) is 3.42. The number of aryl methyl sites for hydroxylation is 2. The Morgan fingerprint density at radius 3 is 2.71 bits per heavy atom. The molecular formula is C19H17FN2O2. The number of anilines is 1. The molecule has 5 heteroatoms. The van der Waals surface area contributed by atoms with Crippen LogP contribution >= 0.6 is 0 Å². The van der Waals surface area contributed by atoms with Gasteiger partial charge in [-0.15, -0.1) is 0 Å². The fourth-order valence-corrected chi connectivity index (χ4v) is 3.42. The SMILES string of the molecule is Cc1cccc(N2C3=Nc4cc(C)ccc4C(=O)C3(O)C[C@@H]2F)c1. The molecule has 2 heterocycles.